The smallest absolute Gasteiger partial charge is 0.354 e. The molecule has 1 aromatic heterocycles. The van der Waals surface area contributed by atoms with Gasteiger partial charge in [-0.05, 0) is 24.3 Å². The minimum Gasteiger partial charge on any atom is -0.477 e. The average molecular weight is 325 g/mol. The molecular weight excluding hydrogens is 316 g/mol. The Balaban J connectivity index is 2.06. The van der Waals surface area contributed by atoms with Gasteiger partial charge in [-0.1, -0.05) is 22.0 Å². The fourth-order valence-corrected chi connectivity index (χ4v) is 2.66. The minimum atomic E-state index is -1.04. The van der Waals surface area contributed by atoms with Crippen molar-refractivity contribution in [3.63, 3.8) is 0 Å². The van der Waals surface area contributed by atoms with Crippen molar-refractivity contribution in [2.75, 3.05) is 0 Å². The molecule has 0 radical (unpaired) electrons. The number of benzene rings is 1. The summed E-state index contributed by atoms with van der Waals surface area (Å²) in [7, 11) is 0. The summed E-state index contributed by atoms with van der Waals surface area (Å²) in [5.41, 5.74) is 0.0230. The molecule has 1 aromatic carbocycles. The van der Waals surface area contributed by atoms with Gasteiger partial charge in [-0.15, -0.1) is 11.8 Å². The van der Waals surface area contributed by atoms with Gasteiger partial charge in [-0.3, -0.25) is 0 Å². The van der Waals surface area contributed by atoms with Gasteiger partial charge >= 0.3 is 5.97 Å². The van der Waals surface area contributed by atoms with Gasteiger partial charge in [0, 0.05) is 15.6 Å². The maximum absolute atomic E-state index is 10.8. The second-order valence-electron chi connectivity index (χ2n) is 3.41. The topological polar surface area (TPSA) is 63.1 Å². The molecule has 2 aromatic rings. The number of hydrogen-bond donors (Lipinski definition) is 1. The van der Waals surface area contributed by atoms with E-state index in [-0.39, 0.29) is 5.69 Å². The Morgan fingerprint density at radius 1 is 1.39 bits per heavy atom. The Kier molecular flexibility index (Phi) is 4.33. The van der Waals surface area contributed by atoms with Crippen LogP contribution in [0.1, 0.15) is 16.3 Å². The van der Waals surface area contributed by atoms with Gasteiger partial charge in [0.25, 0.3) is 0 Å². The molecule has 1 N–H and O–H groups in total. The maximum atomic E-state index is 10.8. The highest BCUT2D eigenvalue weighted by atomic mass is 79.9. The van der Waals surface area contributed by atoms with E-state index in [1.54, 1.807) is 11.8 Å². The van der Waals surface area contributed by atoms with Crippen LogP contribution in [0.25, 0.3) is 0 Å². The van der Waals surface area contributed by atoms with E-state index in [1.165, 1.54) is 12.3 Å². The summed E-state index contributed by atoms with van der Waals surface area (Å²) < 4.78 is 1.01. The molecule has 0 atom stereocenters. The molecule has 0 aliphatic carbocycles. The first-order valence-corrected chi connectivity index (χ1v) is 6.86. The zero-order valence-corrected chi connectivity index (χ0v) is 11.6. The predicted molar refractivity (Wildman–Crippen MR) is 72.7 cm³/mol. The third-order valence-electron chi connectivity index (χ3n) is 2.09. The second-order valence-corrected chi connectivity index (χ2v) is 5.37. The van der Waals surface area contributed by atoms with Gasteiger partial charge in [0.1, 0.15) is 5.82 Å². The first kappa shape index (κ1) is 13.0. The van der Waals surface area contributed by atoms with Crippen molar-refractivity contribution in [2.45, 2.75) is 10.6 Å². The number of thioether (sulfide) groups is 1. The molecule has 0 unspecified atom stereocenters. The number of halogens is 1. The lowest BCUT2D eigenvalue weighted by Crippen LogP contribution is -2.03. The van der Waals surface area contributed by atoms with Gasteiger partial charge in [-0.25, -0.2) is 14.8 Å². The first-order chi connectivity index (χ1) is 8.65. The molecule has 2 rings (SSSR count). The van der Waals surface area contributed by atoms with Crippen LogP contribution in [-0.4, -0.2) is 21.0 Å². The van der Waals surface area contributed by atoms with Crippen LogP contribution in [0, 0.1) is 0 Å². The van der Waals surface area contributed by atoms with Gasteiger partial charge in [0.2, 0.25) is 0 Å². The molecule has 6 heteroatoms. The summed E-state index contributed by atoms with van der Waals surface area (Å²) in [6.45, 7) is 0. The van der Waals surface area contributed by atoms with E-state index >= 15 is 0 Å². The van der Waals surface area contributed by atoms with Crippen molar-refractivity contribution in [2.24, 2.45) is 0 Å². The molecule has 0 saturated carbocycles. The Morgan fingerprint density at radius 3 is 2.94 bits per heavy atom. The van der Waals surface area contributed by atoms with E-state index in [9.17, 15) is 4.79 Å². The van der Waals surface area contributed by atoms with E-state index in [0.717, 1.165) is 9.37 Å². The number of carboxylic acid groups (broad SMARTS) is 1. The molecule has 1 heterocycles. The van der Waals surface area contributed by atoms with Crippen molar-refractivity contribution < 1.29 is 9.90 Å². The highest BCUT2D eigenvalue weighted by Gasteiger charge is 2.06. The minimum absolute atomic E-state index is 0.0230. The van der Waals surface area contributed by atoms with Crippen molar-refractivity contribution in [1.29, 1.82) is 0 Å². The summed E-state index contributed by atoms with van der Waals surface area (Å²) in [6.07, 6.45) is 1.47. The zero-order chi connectivity index (χ0) is 13.0. The lowest BCUT2D eigenvalue weighted by Gasteiger charge is -2.02. The predicted octanol–water partition coefficient (Wildman–Crippen LogP) is 3.23. The van der Waals surface area contributed by atoms with Crippen molar-refractivity contribution >= 4 is 33.7 Å². The average Bonchev–Trinajstić information content (AvgIpc) is 2.37. The molecule has 0 aliphatic rings. The molecule has 0 fully saturated rings. The van der Waals surface area contributed by atoms with Crippen LogP contribution in [0.2, 0.25) is 0 Å². The summed E-state index contributed by atoms with van der Waals surface area (Å²) in [5.74, 6) is 0.0170. The molecule has 4 nitrogen and oxygen atoms in total. The highest BCUT2D eigenvalue weighted by Crippen LogP contribution is 2.24. The zero-order valence-electron chi connectivity index (χ0n) is 9.21. The van der Waals surface area contributed by atoms with E-state index < -0.39 is 5.97 Å². The summed E-state index contributed by atoms with van der Waals surface area (Å²) in [5, 5.41) is 8.83. The first-order valence-electron chi connectivity index (χ1n) is 5.09. The second kappa shape index (κ2) is 5.97. The monoisotopic (exact) mass is 324 g/mol. The summed E-state index contributed by atoms with van der Waals surface area (Å²) >= 11 is 4.96. The number of carboxylic acids is 1. The third-order valence-corrected chi connectivity index (χ3v) is 3.57. The van der Waals surface area contributed by atoms with E-state index in [2.05, 4.69) is 25.9 Å². The van der Waals surface area contributed by atoms with Crippen LogP contribution >= 0.6 is 27.7 Å². The van der Waals surface area contributed by atoms with Crippen LogP contribution < -0.4 is 0 Å². The Morgan fingerprint density at radius 2 is 2.22 bits per heavy atom. The largest absolute Gasteiger partial charge is 0.477 e. The quantitative estimate of drug-likeness (QED) is 0.875. The van der Waals surface area contributed by atoms with Crippen molar-refractivity contribution in [3.05, 3.63) is 52.5 Å². The number of nitrogens with zero attached hydrogens (tertiary/aromatic N) is 2. The number of aromatic nitrogens is 2. The standard InChI is InChI=1S/C12H9BrN2O2S/c13-8-2-1-3-9(6-8)18-7-11-14-5-4-10(15-11)12(16)17/h1-6H,7H2,(H,16,17). The molecule has 0 amide bonds. The number of rotatable bonds is 4. The van der Waals surface area contributed by atoms with Crippen LogP contribution in [0.5, 0.6) is 0 Å². The number of hydrogen-bond acceptors (Lipinski definition) is 4. The molecule has 0 spiro atoms. The Hall–Kier alpha value is -1.40. The number of carbonyl (C=O) groups is 1. The van der Waals surface area contributed by atoms with E-state index in [4.69, 9.17) is 5.11 Å². The van der Waals surface area contributed by atoms with Gasteiger partial charge in [0.05, 0.1) is 5.75 Å². The van der Waals surface area contributed by atoms with Crippen LogP contribution in [0.3, 0.4) is 0 Å². The fourth-order valence-electron chi connectivity index (χ4n) is 1.29. The summed E-state index contributed by atoms with van der Waals surface area (Å²) in [4.78, 5) is 19.9. The molecule has 92 valence electrons. The Labute approximate surface area is 117 Å². The lowest BCUT2D eigenvalue weighted by atomic mass is 10.4. The SMILES string of the molecule is O=C(O)c1ccnc(CSc2cccc(Br)c2)n1. The van der Waals surface area contributed by atoms with Gasteiger partial charge < -0.3 is 5.11 Å². The van der Waals surface area contributed by atoms with E-state index in [1.807, 2.05) is 24.3 Å². The molecular formula is C12H9BrN2O2S. The number of aromatic carboxylic acids is 1. The van der Waals surface area contributed by atoms with Gasteiger partial charge in [-0.2, -0.15) is 0 Å². The van der Waals surface area contributed by atoms with Crippen LogP contribution in [0.15, 0.2) is 45.9 Å². The summed E-state index contributed by atoms with van der Waals surface area (Å²) in [6, 6.07) is 9.25. The van der Waals surface area contributed by atoms with Crippen molar-refractivity contribution in [3.8, 4) is 0 Å². The third kappa shape index (κ3) is 3.54. The van der Waals surface area contributed by atoms with Crippen molar-refractivity contribution in [1.82, 2.24) is 9.97 Å². The molecule has 0 saturated heterocycles. The fraction of sp³-hybridized carbons (Fsp3) is 0.0833. The highest BCUT2D eigenvalue weighted by molar-refractivity contribution is 9.10. The normalized spacial score (nSPS) is 10.3. The molecule has 0 aliphatic heterocycles. The lowest BCUT2D eigenvalue weighted by molar-refractivity contribution is 0.0690. The molecule has 18 heavy (non-hydrogen) atoms. The van der Waals surface area contributed by atoms with Gasteiger partial charge in [0.15, 0.2) is 5.69 Å². The van der Waals surface area contributed by atoms with Crippen LogP contribution in [0.4, 0.5) is 0 Å². The molecule has 0 bridgehead atoms. The Bertz CT molecular complexity index is 578. The maximum Gasteiger partial charge on any atom is 0.354 e. The van der Waals surface area contributed by atoms with Crippen LogP contribution in [-0.2, 0) is 5.75 Å². The van der Waals surface area contributed by atoms with E-state index in [0.29, 0.717) is 11.6 Å².